The molecule has 1 aromatic rings. The van der Waals surface area contributed by atoms with Gasteiger partial charge in [0, 0.05) is 41.5 Å². The summed E-state index contributed by atoms with van der Waals surface area (Å²) in [5.41, 5.74) is 0.135. The van der Waals surface area contributed by atoms with Crippen LogP contribution in [0.2, 0.25) is 5.02 Å². The molecule has 3 rings (SSSR count). The van der Waals surface area contributed by atoms with E-state index < -0.39 is 17.6 Å². The van der Waals surface area contributed by atoms with E-state index in [9.17, 15) is 9.59 Å². The molecule has 0 unspecified atom stereocenters. The molecule has 1 radical (unpaired) electrons. The molecular formula is C22H28ClMnN2O6-. The minimum absolute atomic E-state index is 0. The second-order valence-corrected chi connectivity index (χ2v) is 9.30. The van der Waals surface area contributed by atoms with Crippen LogP contribution in [0.15, 0.2) is 17.3 Å². The summed E-state index contributed by atoms with van der Waals surface area (Å²) >= 11 is 6.30. The minimum Gasteiger partial charge on any atom is -0.496 e. The predicted octanol–water partition coefficient (Wildman–Crippen LogP) is 3.24. The molecule has 177 valence electrons. The molecule has 0 aliphatic carbocycles. The standard InChI is InChI=1S/C22H28ClN2O6.Mn/c1-21(2,3)11-19(26)25-12-22(10-16(25)20(27)30-6)9-15(24-31-22)13-7-14(23)18(29-5)8-17(13)28-4;/h7-8,11,16H,9-10,12H2,1-6H3;/q-1;/t16-,22+;/m0./s1. The number of ether oxygens (including phenoxy) is 3. The van der Waals surface area contributed by atoms with Crippen LogP contribution in [0, 0.1) is 11.8 Å². The Morgan fingerprint density at radius 2 is 1.88 bits per heavy atom. The molecule has 1 aromatic carbocycles. The third-order valence-electron chi connectivity index (χ3n) is 5.34. The van der Waals surface area contributed by atoms with Crippen molar-refractivity contribution in [3.8, 4) is 11.5 Å². The van der Waals surface area contributed by atoms with Gasteiger partial charge in [0.2, 0.25) is 0 Å². The largest absolute Gasteiger partial charge is 0.496 e. The number of hydrogen-bond acceptors (Lipinski definition) is 7. The van der Waals surface area contributed by atoms with Crippen molar-refractivity contribution in [2.24, 2.45) is 10.6 Å². The molecule has 2 aliphatic rings. The minimum atomic E-state index is -0.826. The van der Waals surface area contributed by atoms with Crippen LogP contribution < -0.4 is 9.47 Å². The first-order valence-corrected chi connectivity index (χ1v) is 10.3. The number of methoxy groups -OCH3 is 3. The first kappa shape index (κ1) is 26.2. The number of rotatable bonds is 5. The van der Waals surface area contributed by atoms with Gasteiger partial charge in [-0.15, -0.1) is 5.41 Å². The Balaban J connectivity index is 0.00000363. The molecule has 32 heavy (non-hydrogen) atoms. The second-order valence-electron chi connectivity index (χ2n) is 8.90. The number of amides is 1. The summed E-state index contributed by atoms with van der Waals surface area (Å²) in [5.74, 6) is 0.311. The molecule has 0 saturated carbocycles. The van der Waals surface area contributed by atoms with Gasteiger partial charge in [-0.3, -0.25) is 6.42 Å². The molecular weight excluding hydrogens is 479 g/mol. The fourth-order valence-corrected chi connectivity index (χ4v) is 4.17. The van der Waals surface area contributed by atoms with Crippen LogP contribution in [-0.2, 0) is 36.2 Å². The van der Waals surface area contributed by atoms with Crippen molar-refractivity contribution in [1.82, 2.24) is 4.90 Å². The van der Waals surface area contributed by atoms with Crippen molar-refractivity contribution in [2.45, 2.75) is 45.3 Å². The Kier molecular flexibility index (Phi) is 8.02. The molecule has 10 heteroatoms. The van der Waals surface area contributed by atoms with Crippen LogP contribution in [0.25, 0.3) is 0 Å². The molecule has 1 amide bonds. The fourth-order valence-electron chi connectivity index (χ4n) is 3.93. The molecule has 2 heterocycles. The number of halogens is 1. The van der Waals surface area contributed by atoms with Crippen LogP contribution in [0.3, 0.4) is 0 Å². The van der Waals surface area contributed by atoms with Crippen LogP contribution in [0.4, 0.5) is 0 Å². The Morgan fingerprint density at radius 1 is 1.22 bits per heavy atom. The van der Waals surface area contributed by atoms with E-state index in [4.69, 9.17) is 30.6 Å². The van der Waals surface area contributed by atoms with Crippen molar-refractivity contribution in [2.75, 3.05) is 27.9 Å². The topological polar surface area (TPSA) is 86.7 Å². The van der Waals surface area contributed by atoms with E-state index in [0.717, 1.165) is 0 Å². The second kappa shape index (κ2) is 9.81. The average Bonchev–Trinajstić information content (AvgIpc) is 3.30. The van der Waals surface area contributed by atoms with Gasteiger partial charge in [-0.2, -0.15) is 0 Å². The Labute approximate surface area is 204 Å². The first-order chi connectivity index (χ1) is 14.5. The summed E-state index contributed by atoms with van der Waals surface area (Å²) in [7, 11) is 4.38. The molecule has 2 atom stereocenters. The smallest absolute Gasteiger partial charge is 0.328 e. The SMILES string of the molecule is COC(=O)[C@@H]1C[C@]2(CC(c3cc(Cl)c(OC)cc3OC)=NO2)CN1C(=O)[CH-]C(C)(C)C.[Mn]. The molecule has 0 aromatic heterocycles. The number of nitrogens with zero attached hydrogens (tertiary/aromatic N) is 2. The fraction of sp³-hybridized carbons (Fsp3) is 0.545. The summed E-state index contributed by atoms with van der Waals surface area (Å²) in [5, 5.41) is 4.69. The number of carbonyl (C=O) groups is 2. The molecule has 1 saturated heterocycles. The quantitative estimate of drug-likeness (QED) is 0.346. The molecule has 1 spiro atoms. The van der Waals surface area contributed by atoms with E-state index in [1.54, 1.807) is 25.7 Å². The van der Waals surface area contributed by atoms with Gasteiger partial charge in [0.15, 0.2) is 5.60 Å². The van der Waals surface area contributed by atoms with Crippen molar-refractivity contribution in [3.05, 3.63) is 29.1 Å². The van der Waals surface area contributed by atoms with Gasteiger partial charge in [-0.25, -0.2) is 4.79 Å². The van der Waals surface area contributed by atoms with E-state index in [0.29, 0.717) is 34.2 Å². The van der Waals surface area contributed by atoms with E-state index in [2.05, 4.69) is 5.16 Å². The van der Waals surface area contributed by atoms with Crippen LogP contribution >= 0.6 is 11.6 Å². The molecule has 0 bridgehead atoms. The maximum Gasteiger partial charge on any atom is 0.328 e. The summed E-state index contributed by atoms with van der Waals surface area (Å²) in [6, 6.07) is 2.65. The van der Waals surface area contributed by atoms with Gasteiger partial charge in [-0.05, 0) is 6.07 Å². The third-order valence-corrected chi connectivity index (χ3v) is 5.63. The summed E-state index contributed by atoms with van der Waals surface area (Å²) in [6.45, 7) is 6.00. The summed E-state index contributed by atoms with van der Waals surface area (Å²) < 4.78 is 15.7. The van der Waals surface area contributed by atoms with Gasteiger partial charge in [0.05, 0.1) is 44.5 Å². The zero-order valence-electron chi connectivity index (χ0n) is 19.0. The van der Waals surface area contributed by atoms with Crippen LogP contribution in [-0.4, -0.2) is 62.0 Å². The number of benzene rings is 1. The number of esters is 1. The van der Waals surface area contributed by atoms with Crippen molar-refractivity contribution in [1.29, 1.82) is 0 Å². The molecule has 8 nitrogen and oxygen atoms in total. The van der Waals surface area contributed by atoms with E-state index in [1.807, 2.05) is 20.8 Å². The first-order valence-electron chi connectivity index (χ1n) is 9.94. The van der Waals surface area contributed by atoms with Crippen molar-refractivity contribution >= 4 is 29.2 Å². The number of likely N-dealkylation sites (tertiary alicyclic amines) is 1. The Morgan fingerprint density at radius 3 is 2.44 bits per heavy atom. The van der Waals surface area contributed by atoms with Gasteiger partial charge >= 0.3 is 5.97 Å². The molecule has 1 fully saturated rings. The maximum absolute atomic E-state index is 12.9. The Hall–Kier alpha value is -2.09. The number of carbonyl (C=O) groups excluding carboxylic acids is 2. The van der Waals surface area contributed by atoms with E-state index in [1.165, 1.54) is 19.1 Å². The summed E-state index contributed by atoms with van der Waals surface area (Å²) in [4.78, 5) is 32.7. The normalized spacial score (nSPS) is 22.0. The molecule has 2 aliphatic heterocycles. The summed E-state index contributed by atoms with van der Waals surface area (Å²) in [6.07, 6.45) is 2.27. The third kappa shape index (κ3) is 5.27. The number of hydrogen-bond donors (Lipinski definition) is 0. The van der Waals surface area contributed by atoms with E-state index in [-0.39, 0.29) is 41.4 Å². The van der Waals surface area contributed by atoms with Crippen LogP contribution in [0.1, 0.15) is 39.2 Å². The average molecular weight is 507 g/mol. The van der Waals surface area contributed by atoms with Crippen molar-refractivity contribution in [3.63, 3.8) is 0 Å². The number of oxime groups is 1. The van der Waals surface area contributed by atoms with Gasteiger partial charge in [0.1, 0.15) is 17.5 Å². The van der Waals surface area contributed by atoms with Gasteiger partial charge < -0.3 is 28.7 Å². The monoisotopic (exact) mass is 506 g/mol. The van der Waals surface area contributed by atoms with Gasteiger partial charge in [0.25, 0.3) is 0 Å². The van der Waals surface area contributed by atoms with Crippen molar-refractivity contribution < 1.29 is 45.7 Å². The van der Waals surface area contributed by atoms with Gasteiger partial charge in [-0.1, -0.05) is 37.5 Å². The zero-order valence-corrected chi connectivity index (χ0v) is 21.0. The Bertz CT molecular complexity index is 916. The predicted molar refractivity (Wildman–Crippen MR) is 115 cm³/mol. The van der Waals surface area contributed by atoms with E-state index >= 15 is 0 Å². The maximum atomic E-state index is 12.9. The van der Waals surface area contributed by atoms with Crippen LogP contribution in [0.5, 0.6) is 11.5 Å². The zero-order chi connectivity index (χ0) is 23.0. The molecule has 0 N–H and O–H groups in total.